The molecule has 1 heterocycles. The van der Waals surface area contributed by atoms with E-state index >= 15 is 0 Å². The van der Waals surface area contributed by atoms with E-state index in [0.717, 1.165) is 23.0 Å². The monoisotopic (exact) mass is 413 g/mol. The van der Waals surface area contributed by atoms with E-state index < -0.39 is 35.9 Å². The van der Waals surface area contributed by atoms with E-state index in [1.807, 2.05) is 19.1 Å². The number of nitrogens with one attached hydrogen (secondary N) is 1. The molecule has 30 heavy (non-hydrogen) atoms. The van der Waals surface area contributed by atoms with Gasteiger partial charge in [0.1, 0.15) is 12.3 Å². The van der Waals surface area contributed by atoms with Crippen molar-refractivity contribution in [2.45, 2.75) is 13.3 Å². The zero-order valence-corrected chi connectivity index (χ0v) is 16.1. The standard InChI is InChI=1S/C20H19N3O7/c1-2-13-3-5-14(6-4-13)21-18(24)11-30-20(26)10-22-16-9-15(23(27)28)7-8-17(16)29-12-19(22)25/h3-9H,2,10-12H2,1H3,(H,21,24). The van der Waals surface area contributed by atoms with Gasteiger partial charge in [0.2, 0.25) is 0 Å². The maximum Gasteiger partial charge on any atom is 0.326 e. The third kappa shape index (κ3) is 4.90. The summed E-state index contributed by atoms with van der Waals surface area (Å²) in [6.45, 7) is 0.665. The summed E-state index contributed by atoms with van der Waals surface area (Å²) in [5, 5.41) is 13.6. The highest BCUT2D eigenvalue weighted by Crippen LogP contribution is 2.35. The van der Waals surface area contributed by atoms with Crippen molar-refractivity contribution in [2.75, 3.05) is 30.0 Å². The van der Waals surface area contributed by atoms with Crippen molar-refractivity contribution in [3.8, 4) is 5.75 Å². The molecule has 1 aliphatic rings. The highest BCUT2D eigenvalue weighted by atomic mass is 16.6. The van der Waals surface area contributed by atoms with Gasteiger partial charge in [-0.25, -0.2) is 0 Å². The van der Waals surface area contributed by atoms with Gasteiger partial charge in [0.05, 0.1) is 10.6 Å². The Kier molecular flexibility index (Phi) is 6.26. The van der Waals surface area contributed by atoms with E-state index in [0.29, 0.717) is 5.69 Å². The number of carbonyl (C=O) groups is 3. The molecule has 2 aromatic carbocycles. The van der Waals surface area contributed by atoms with Gasteiger partial charge in [-0.05, 0) is 30.2 Å². The lowest BCUT2D eigenvalue weighted by Gasteiger charge is -2.28. The number of non-ortho nitro benzene ring substituents is 1. The van der Waals surface area contributed by atoms with Gasteiger partial charge in [0.25, 0.3) is 17.5 Å². The van der Waals surface area contributed by atoms with Gasteiger partial charge in [-0.15, -0.1) is 0 Å². The average Bonchev–Trinajstić information content (AvgIpc) is 2.74. The van der Waals surface area contributed by atoms with Gasteiger partial charge in [-0.3, -0.25) is 29.4 Å². The molecule has 0 unspecified atom stereocenters. The number of hydrogen-bond donors (Lipinski definition) is 1. The molecule has 0 aliphatic carbocycles. The number of esters is 1. The summed E-state index contributed by atoms with van der Waals surface area (Å²) in [7, 11) is 0. The van der Waals surface area contributed by atoms with E-state index in [9.17, 15) is 24.5 Å². The van der Waals surface area contributed by atoms with Crippen LogP contribution < -0.4 is 15.0 Å². The van der Waals surface area contributed by atoms with Crippen LogP contribution in [0, 0.1) is 10.1 Å². The van der Waals surface area contributed by atoms with Crippen LogP contribution in [-0.4, -0.2) is 42.5 Å². The minimum atomic E-state index is -0.834. The van der Waals surface area contributed by atoms with Crippen molar-refractivity contribution < 1.29 is 28.8 Å². The number of anilines is 2. The molecule has 10 heteroatoms. The molecule has 2 aromatic rings. The number of fused-ring (bicyclic) bond motifs is 1. The third-order valence-electron chi connectivity index (χ3n) is 4.39. The molecule has 1 N–H and O–H groups in total. The molecule has 0 atom stereocenters. The Labute approximate surface area is 171 Å². The minimum absolute atomic E-state index is 0.0952. The summed E-state index contributed by atoms with van der Waals surface area (Å²) in [6, 6.07) is 11.0. The van der Waals surface area contributed by atoms with Gasteiger partial charge in [0.15, 0.2) is 13.2 Å². The van der Waals surface area contributed by atoms with Gasteiger partial charge < -0.3 is 14.8 Å². The van der Waals surface area contributed by atoms with Gasteiger partial charge >= 0.3 is 5.97 Å². The molecule has 10 nitrogen and oxygen atoms in total. The van der Waals surface area contributed by atoms with Crippen molar-refractivity contribution in [2.24, 2.45) is 0 Å². The van der Waals surface area contributed by atoms with Gasteiger partial charge in [-0.1, -0.05) is 19.1 Å². The molecule has 0 saturated heterocycles. The fourth-order valence-electron chi connectivity index (χ4n) is 2.82. The van der Waals surface area contributed by atoms with Crippen LogP contribution in [0.1, 0.15) is 12.5 Å². The molecule has 0 spiro atoms. The largest absolute Gasteiger partial charge is 0.482 e. The second kappa shape index (κ2) is 9.03. The van der Waals surface area contributed by atoms with Crippen LogP contribution in [0.25, 0.3) is 0 Å². The quantitative estimate of drug-likeness (QED) is 0.418. The predicted octanol–water partition coefficient (Wildman–Crippen LogP) is 2.06. The summed E-state index contributed by atoms with van der Waals surface area (Å²) >= 11 is 0. The average molecular weight is 413 g/mol. The SMILES string of the molecule is CCc1ccc(NC(=O)COC(=O)CN2C(=O)COc3ccc([N+](=O)[O-])cc32)cc1. The van der Waals surface area contributed by atoms with E-state index in [2.05, 4.69) is 5.32 Å². The lowest BCUT2D eigenvalue weighted by atomic mass is 10.1. The summed E-state index contributed by atoms with van der Waals surface area (Å²) in [5.41, 5.74) is 1.53. The number of nitrogens with zero attached hydrogens (tertiary/aromatic N) is 2. The molecule has 3 rings (SSSR count). The van der Waals surface area contributed by atoms with E-state index in [1.165, 1.54) is 12.1 Å². The molecule has 0 radical (unpaired) electrons. The molecule has 0 fully saturated rings. The first kappa shape index (κ1) is 20.8. The highest BCUT2D eigenvalue weighted by Gasteiger charge is 2.29. The Balaban J connectivity index is 1.59. The maximum atomic E-state index is 12.2. The number of hydrogen-bond acceptors (Lipinski definition) is 7. The topological polar surface area (TPSA) is 128 Å². The van der Waals surface area contributed by atoms with Crippen LogP contribution in [0.2, 0.25) is 0 Å². The van der Waals surface area contributed by atoms with E-state index in [1.54, 1.807) is 12.1 Å². The molecule has 156 valence electrons. The Morgan fingerprint density at radius 1 is 1.23 bits per heavy atom. The molecule has 0 bridgehead atoms. The molecule has 1 aliphatic heterocycles. The first-order chi connectivity index (χ1) is 14.4. The number of amides is 2. The molecular formula is C20H19N3O7. The van der Waals surface area contributed by atoms with Crippen molar-refractivity contribution in [3.05, 3.63) is 58.1 Å². The van der Waals surface area contributed by atoms with E-state index in [4.69, 9.17) is 9.47 Å². The summed E-state index contributed by atoms with van der Waals surface area (Å²) in [5.74, 6) is -1.68. The predicted molar refractivity (Wildman–Crippen MR) is 106 cm³/mol. The number of rotatable bonds is 7. The number of nitro benzene ring substituents is 1. The number of nitro groups is 1. The Bertz CT molecular complexity index is 988. The van der Waals surface area contributed by atoms with Gasteiger partial charge in [-0.2, -0.15) is 0 Å². The maximum absolute atomic E-state index is 12.2. The first-order valence-corrected chi connectivity index (χ1v) is 9.13. The Morgan fingerprint density at radius 2 is 1.97 bits per heavy atom. The van der Waals surface area contributed by atoms with Crippen LogP contribution in [0.3, 0.4) is 0 Å². The molecular weight excluding hydrogens is 394 g/mol. The zero-order chi connectivity index (χ0) is 21.7. The number of ether oxygens (including phenoxy) is 2. The molecule has 0 saturated carbocycles. The van der Waals surface area contributed by atoms with Crippen LogP contribution in [0.15, 0.2) is 42.5 Å². The number of aryl methyl sites for hydroxylation is 1. The second-order valence-corrected chi connectivity index (χ2v) is 6.44. The number of carbonyl (C=O) groups excluding carboxylic acids is 3. The van der Waals surface area contributed by atoms with Crippen molar-refractivity contribution in [1.29, 1.82) is 0 Å². The summed E-state index contributed by atoms with van der Waals surface area (Å²) in [4.78, 5) is 47.7. The minimum Gasteiger partial charge on any atom is -0.482 e. The van der Waals surface area contributed by atoms with Crippen LogP contribution in [-0.2, 0) is 25.5 Å². The van der Waals surface area contributed by atoms with Crippen molar-refractivity contribution >= 4 is 34.8 Å². The van der Waals surface area contributed by atoms with Crippen molar-refractivity contribution in [1.82, 2.24) is 0 Å². The van der Waals surface area contributed by atoms with Crippen molar-refractivity contribution in [3.63, 3.8) is 0 Å². The normalized spacial score (nSPS) is 12.6. The van der Waals surface area contributed by atoms with E-state index in [-0.39, 0.29) is 23.7 Å². The Morgan fingerprint density at radius 3 is 2.63 bits per heavy atom. The first-order valence-electron chi connectivity index (χ1n) is 9.13. The number of benzene rings is 2. The van der Waals surface area contributed by atoms with Crippen LogP contribution in [0.4, 0.5) is 17.1 Å². The van der Waals surface area contributed by atoms with Gasteiger partial charge in [0, 0.05) is 17.8 Å². The fourth-order valence-corrected chi connectivity index (χ4v) is 2.82. The highest BCUT2D eigenvalue weighted by molar-refractivity contribution is 6.02. The third-order valence-corrected chi connectivity index (χ3v) is 4.39. The fraction of sp³-hybridized carbons (Fsp3) is 0.250. The zero-order valence-electron chi connectivity index (χ0n) is 16.1. The molecule has 0 aromatic heterocycles. The lowest BCUT2D eigenvalue weighted by molar-refractivity contribution is -0.384. The van der Waals surface area contributed by atoms with Crippen LogP contribution in [0.5, 0.6) is 5.75 Å². The summed E-state index contributed by atoms with van der Waals surface area (Å²) in [6.07, 6.45) is 0.873. The summed E-state index contributed by atoms with van der Waals surface area (Å²) < 4.78 is 10.2. The molecule has 2 amide bonds. The Hall–Kier alpha value is -3.95. The lowest BCUT2D eigenvalue weighted by Crippen LogP contribution is -2.42. The van der Waals surface area contributed by atoms with Crippen LogP contribution >= 0.6 is 0 Å². The smallest absolute Gasteiger partial charge is 0.326 e. The second-order valence-electron chi connectivity index (χ2n) is 6.44.